The van der Waals surface area contributed by atoms with E-state index in [-0.39, 0.29) is 5.91 Å². The van der Waals surface area contributed by atoms with Crippen LogP contribution < -0.4 is 5.32 Å². The van der Waals surface area contributed by atoms with Crippen molar-refractivity contribution < 1.29 is 14.7 Å². The minimum Gasteiger partial charge on any atom is -0.481 e. The smallest absolute Gasteiger partial charge is 0.307 e. The highest BCUT2D eigenvalue weighted by molar-refractivity contribution is 6.30. The van der Waals surface area contributed by atoms with Crippen LogP contribution in [0, 0.1) is 25.7 Å². The zero-order valence-corrected chi connectivity index (χ0v) is 16.0. The van der Waals surface area contributed by atoms with Gasteiger partial charge in [-0.25, -0.2) is 0 Å². The van der Waals surface area contributed by atoms with E-state index in [0.717, 1.165) is 11.3 Å². The number of carbonyl (C=O) groups is 2. The Morgan fingerprint density at radius 2 is 1.81 bits per heavy atom. The van der Waals surface area contributed by atoms with Gasteiger partial charge in [0.05, 0.1) is 35.5 Å². The lowest BCUT2D eigenvalue weighted by atomic mass is 9.82. The normalized spacial score (nSPS) is 19.1. The van der Waals surface area contributed by atoms with Crippen LogP contribution in [0.4, 0.5) is 5.69 Å². The number of nitrogens with one attached hydrogen (secondary N) is 1. The molecule has 1 amide bonds. The van der Waals surface area contributed by atoms with Crippen LogP contribution in [-0.2, 0) is 16.1 Å². The Labute approximate surface area is 162 Å². The molecule has 7 heteroatoms. The minimum absolute atomic E-state index is 0.274. The summed E-state index contributed by atoms with van der Waals surface area (Å²) in [4.78, 5) is 24.2. The third kappa shape index (κ3) is 4.22. The second-order valence-electron chi connectivity index (χ2n) is 6.81. The fourth-order valence-corrected chi connectivity index (χ4v) is 3.51. The number of aliphatic carboxylic acids is 1. The monoisotopic (exact) mass is 387 g/mol. The Bertz CT molecular complexity index is 887. The van der Waals surface area contributed by atoms with E-state index >= 15 is 0 Å². The predicted octanol–water partition coefficient (Wildman–Crippen LogP) is 3.81. The third-order valence-electron chi connectivity index (χ3n) is 4.96. The standard InChI is InChI=1S/C20H22ClN3O3/c1-12-18(22-19(25)16-5-3-4-6-17(16)20(26)27)13(2)24(23-12)11-14-7-9-15(21)10-8-14/h3-4,7-10,16-17H,5-6,11H2,1-2H3,(H,22,25)(H,26,27)/t16-,17+/m1/s1. The second kappa shape index (κ2) is 7.96. The molecule has 142 valence electrons. The summed E-state index contributed by atoms with van der Waals surface area (Å²) in [5.74, 6) is -2.49. The van der Waals surface area contributed by atoms with Crippen LogP contribution in [0.1, 0.15) is 29.8 Å². The van der Waals surface area contributed by atoms with Crippen molar-refractivity contribution >= 4 is 29.2 Å². The van der Waals surface area contributed by atoms with Crippen molar-refractivity contribution in [3.8, 4) is 0 Å². The molecule has 1 aromatic heterocycles. The molecule has 0 radical (unpaired) electrons. The second-order valence-corrected chi connectivity index (χ2v) is 7.25. The number of allylic oxidation sites excluding steroid dienone is 2. The fourth-order valence-electron chi connectivity index (χ4n) is 3.39. The fraction of sp³-hybridized carbons (Fsp3) is 0.350. The average Bonchev–Trinajstić information content (AvgIpc) is 2.91. The summed E-state index contributed by atoms with van der Waals surface area (Å²) in [6.07, 6.45) is 4.50. The largest absolute Gasteiger partial charge is 0.481 e. The van der Waals surface area contributed by atoms with Gasteiger partial charge in [-0.1, -0.05) is 35.9 Å². The lowest BCUT2D eigenvalue weighted by Crippen LogP contribution is -2.35. The molecular formula is C20H22ClN3O3. The van der Waals surface area contributed by atoms with E-state index in [1.807, 2.05) is 54.9 Å². The molecule has 1 aromatic carbocycles. The first-order valence-corrected chi connectivity index (χ1v) is 9.21. The van der Waals surface area contributed by atoms with Gasteiger partial charge in [-0.3, -0.25) is 14.3 Å². The average molecular weight is 388 g/mol. The number of nitrogens with zero attached hydrogens (tertiary/aromatic N) is 2. The summed E-state index contributed by atoms with van der Waals surface area (Å²) in [6, 6.07) is 7.52. The molecule has 0 bridgehead atoms. The Kier molecular flexibility index (Phi) is 5.65. The molecular weight excluding hydrogens is 366 g/mol. The number of rotatable bonds is 5. The van der Waals surface area contributed by atoms with Crippen molar-refractivity contribution in [2.75, 3.05) is 5.32 Å². The first kappa shape index (κ1) is 19.2. The van der Waals surface area contributed by atoms with Crippen LogP contribution >= 0.6 is 11.6 Å². The molecule has 0 aliphatic heterocycles. The van der Waals surface area contributed by atoms with E-state index in [1.165, 1.54) is 0 Å². The molecule has 6 nitrogen and oxygen atoms in total. The maximum atomic E-state index is 12.7. The van der Waals surface area contributed by atoms with Crippen molar-refractivity contribution in [3.05, 3.63) is 58.4 Å². The van der Waals surface area contributed by atoms with Gasteiger partial charge in [-0.2, -0.15) is 5.10 Å². The minimum atomic E-state index is -0.939. The first-order chi connectivity index (χ1) is 12.9. The van der Waals surface area contributed by atoms with Crippen molar-refractivity contribution in [1.29, 1.82) is 0 Å². The van der Waals surface area contributed by atoms with Crippen LogP contribution in [0.15, 0.2) is 36.4 Å². The van der Waals surface area contributed by atoms with Crippen molar-refractivity contribution in [3.63, 3.8) is 0 Å². The highest BCUT2D eigenvalue weighted by Crippen LogP contribution is 2.29. The molecule has 0 saturated carbocycles. The number of hydrogen-bond acceptors (Lipinski definition) is 3. The number of amides is 1. The van der Waals surface area contributed by atoms with Crippen molar-refractivity contribution in [2.45, 2.75) is 33.2 Å². The zero-order chi connectivity index (χ0) is 19.6. The first-order valence-electron chi connectivity index (χ1n) is 8.84. The molecule has 0 saturated heterocycles. The van der Waals surface area contributed by atoms with E-state index < -0.39 is 17.8 Å². The van der Waals surface area contributed by atoms with E-state index in [1.54, 1.807) is 0 Å². The van der Waals surface area contributed by atoms with Gasteiger partial charge in [0.25, 0.3) is 0 Å². The molecule has 0 fully saturated rings. The Morgan fingerprint density at radius 3 is 2.44 bits per heavy atom. The number of carboxylic acids is 1. The van der Waals surface area contributed by atoms with Crippen LogP contribution in [0.3, 0.4) is 0 Å². The molecule has 1 heterocycles. The summed E-state index contributed by atoms with van der Waals surface area (Å²) in [7, 11) is 0. The number of carboxylic acid groups (broad SMARTS) is 1. The van der Waals surface area contributed by atoms with E-state index in [0.29, 0.717) is 35.8 Å². The highest BCUT2D eigenvalue weighted by atomic mass is 35.5. The molecule has 27 heavy (non-hydrogen) atoms. The molecule has 2 aromatic rings. The van der Waals surface area contributed by atoms with Gasteiger partial charge in [0.1, 0.15) is 0 Å². The molecule has 0 unspecified atom stereocenters. The predicted molar refractivity (Wildman–Crippen MR) is 104 cm³/mol. The Hall–Kier alpha value is -2.60. The molecule has 2 N–H and O–H groups in total. The summed E-state index contributed by atoms with van der Waals surface area (Å²) in [6.45, 7) is 4.28. The molecule has 3 rings (SSSR count). The van der Waals surface area contributed by atoms with Gasteiger partial charge in [0.2, 0.25) is 5.91 Å². The molecule has 1 aliphatic rings. The number of aromatic nitrogens is 2. The summed E-state index contributed by atoms with van der Waals surface area (Å²) >= 11 is 5.92. The number of anilines is 1. The number of hydrogen-bond donors (Lipinski definition) is 2. The summed E-state index contributed by atoms with van der Waals surface area (Å²) < 4.78 is 1.82. The summed E-state index contributed by atoms with van der Waals surface area (Å²) in [5.41, 5.74) is 3.22. The van der Waals surface area contributed by atoms with Gasteiger partial charge in [-0.05, 0) is 44.4 Å². The SMILES string of the molecule is Cc1nn(Cc2ccc(Cl)cc2)c(C)c1NC(=O)[C@@H]1CC=CC[C@@H]1C(=O)O. The number of carbonyl (C=O) groups excluding carboxylic acids is 1. The van der Waals surface area contributed by atoms with E-state index in [9.17, 15) is 14.7 Å². The topological polar surface area (TPSA) is 84.2 Å². The molecule has 0 spiro atoms. The van der Waals surface area contributed by atoms with Crippen molar-refractivity contribution in [1.82, 2.24) is 9.78 Å². The van der Waals surface area contributed by atoms with Crippen LogP contribution in [0.5, 0.6) is 0 Å². The van der Waals surface area contributed by atoms with Gasteiger partial charge >= 0.3 is 5.97 Å². The third-order valence-corrected chi connectivity index (χ3v) is 5.21. The van der Waals surface area contributed by atoms with Crippen LogP contribution in [0.2, 0.25) is 5.02 Å². The van der Waals surface area contributed by atoms with Gasteiger partial charge < -0.3 is 10.4 Å². The number of benzene rings is 1. The van der Waals surface area contributed by atoms with E-state index in [2.05, 4.69) is 10.4 Å². The van der Waals surface area contributed by atoms with Gasteiger partial charge in [0, 0.05) is 5.02 Å². The molecule has 2 atom stereocenters. The summed E-state index contributed by atoms with van der Waals surface area (Å²) in [5, 5.41) is 17.5. The molecule has 1 aliphatic carbocycles. The van der Waals surface area contributed by atoms with Gasteiger partial charge in [0.15, 0.2) is 0 Å². The van der Waals surface area contributed by atoms with Gasteiger partial charge in [-0.15, -0.1) is 0 Å². The van der Waals surface area contributed by atoms with Crippen LogP contribution in [-0.4, -0.2) is 26.8 Å². The van der Waals surface area contributed by atoms with Crippen molar-refractivity contribution in [2.24, 2.45) is 11.8 Å². The Balaban J connectivity index is 1.78. The van der Waals surface area contributed by atoms with Crippen LogP contribution in [0.25, 0.3) is 0 Å². The number of halogens is 1. The quantitative estimate of drug-likeness (QED) is 0.764. The Morgan fingerprint density at radius 1 is 1.19 bits per heavy atom. The maximum Gasteiger partial charge on any atom is 0.307 e. The lowest BCUT2D eigenvalue weighted by Gasteiger charge is -2.24. The zero-order valence-electron chi connectivity index (χ0n) is 15.3. The lowest BCUT2D eigenvalue weighted by molar-refractivity contribution is -0.146. The highest BCUT2D eigenvalue weighted by Gasteiger charge is 2.34. The maximum absolute atomic E-state index is 12.7. The van der Waals surface area contributed by atoms with E-state index in [4.69, 9.17) is 11.6 Å². The number of aryl methyl sites for hydroxylation is 1.